The average molecular weight is 323 g/mol. The summed E-state index contributed by atoms with van der Waals surface area (Å²) in [6.45, 7) is 0.983. The zero-order chi connectivity index (χ0) is 16.9. The van der Waals surface area contributed by atoms with Crippen LogP contribution < -0.4 is 0 Å². The summed E-state index contributed by atoms with van der Waals surface area (Å²) in [4.78, 5) is 0. The smallest absolute Gasteiger partial charge is 0.0260 e. The molecule has 0 radical (unpaired) electrons. The van der Waals surface area contributed by atoms with E-state index in [-0.39, 0.29) is 0 Å². The first kappa shape index (κ1) is 15.5. The molecular weight excluding hydrogens is 302 g/mol. The van der Waals surface area contributed by atoms with E-state index in [9.17, 15) is 0 Å². The lowest BCUT2D eigenvalue weighted by Crippen LogP contribution is -1.98. The molecule has 0 aliphatic heterocycles. The number of aryl methyl sites for hydroxylation is 2. The highest BCUT2D eigenvalue weighted by atomic mass is 14.9. The first-order chi connectivity index (χ1) is 12.4. The number of benzene rings is 3. The second-order valence-electron chi connectivity index (χ2n) is 6.29. The van der Waals surface area contributed by atoms with Crippen molar-refractivity contribution >= 4 is 0 Å². The van der Waals surface area contributed by atoms with Crippen LogP contribution >= 0.6 is 0 Å². The van der Waals surface area contributed by atoms with Crippen molar-refractivity contribution in [3.8, 4) is 22.3 Å². The van der Waals surface area contributed by atoms with Crippen molar-refractivity contribution in [2.45, 2.75) is 13.0 Å². The third-order valence-corrected chi connectivity index (χ3v) is 4.55. The summed E-state index contributed by atoms with van der Waals surface area (Å²) in [5.41, 5.74) is 6.48. The quantitative estimate of drug-likeness (QED) is 0.420. The van der Waals surface area contributed by atoms with E-state index >= 15 is 0 Å². The molecule has 1 aromatic heterocycles. The van der Waals surface area contributed by atoms with Crippen molar-refractivity contribution in [2.24, 2.45) is 0 Å². The normalized spacial score (nSPS) is 10.7. The number of rotatable bonds is 5. The lowest BCUT2D eigenvalue weighted by Gasteiger charge is -2.03. The largest absolute Gasteiger partial charge is 0.353 e. The number of aromatic nitrogens is 1. The molecule has 0 N–H and O–H groups in total. The molecule has 1 heteroatoms. The zero-order valence-electron chi connectivity index (χ0n) is 14.2. The van der Waals surface area contributed by atoms with E-state index in [1.54, 1.807) is 0 Å². The van der Waals surface area contributed by atoms with Crippen LogP contribution in [0.1, 0.15) is 5.56 Å². The Bertz CT molecular complexity index is 865. The summed E-state index contributed by atoms with van der Waals surface area (Å²) >= 11 is 0. The minimum absolute atomic E-state index is 0.983. The van der Waals surface area contributed by atoms with Crippen LogP contribution in [0.5, 0.6) is 0 Å². The van der Waals surface area contributed by atoms with Gasteiger partial charge in [-0.2, -0.15) is 0 Å². The van der Waals surface area contributed by atoms with Crippen LogP contribution in [-0.2, 0) is 13.0 Å². The fourth-order valence-corrected chi connectivity index (χ4v) is 3.24. The maximum atomic E-state index is 2.32. The molecule has 0 bridgehead atoms. The van der Waals surface area contributed by atoms with Crippen molar-refractivity contribution in [1.82, 2.24) is 4.57 Å². The first-order valence-electron chi connectivity index (χ1n) is 8.75. The van der Waals surface area contributed by atoms with Gasteiger partial charge in [0, 0.05) is 30.1 Å². The van der Waals surface area contributed by atoms with Gasteiger partial charge in [0.25, 0.3) is 0 Å². The predicted molar refractivity (Wildman–Crippen MR) is 105 cm³/mol. The standard InChI is InChI=1S/C24H21N/c1-4-10-20(11-5-1)16-17-25-18-23(21-12-6-2-7-13-21)24(19-25)22-14-8-3-9-15-22/h1-15,18-19H,16-17H2. The van der Waals surface area contributed by atoms with E-state index in [1.165, 1.54) is 27.8 Å². The molecule has 25 heavy (non-hydrogen) atoms. The van der Waals surface area contributed by atoms with Gasteiger partial charge in [-0.1, -0.05) is 91.0 Å². The summed E-state index contributed by atoms with van der Waals surface area (Å²) in [5, 5.41) is 0. The highest BCUT2D eigenvalue weighted by Gasteiger charge is 2.10. The van der Waals surface area contributed by atoms with Crippen LogP contribution in [0.2, 0.25) is 0 Å². The minimum atomic E-state index is 0.983. The van der Waals surface area contributed by atoms with E-state index in [4.69, 9.17) is 0 Å². The molecule has 0 saturated carbocycles. The average Bonchev–Trinajstić information content (AvgIpc) is 3.13. The van der Waals surface area contributed by atoms with Crippen LogP contribution in [0.25, 0.3) is 22.3 Å². The molecular formula is C24H21N. The molecule has 4 aromatic rings. The Morgan fingerprint density at radius 1 is 0.520 bits per heavy atom. The first-order valence-corrected chi connectivity index (χ1v) is 8.75. The predicted octanol–water partition coefficient (Wildman–Crippen LogP) is 6.06. The molecule has 1 heterocycles. The van der Waals surface area contributed by atoms with E-state index in [0.29, 0.717) is 0 Å². The fraction of sp³-hybridized carbons (Fsp3) is 0.0833. The Kier molecular flexibility index (Phi) is 4.47. The Hall–Kier alpha value is -3.06. The molecule has 0 atom stereocenters. The Labute approximate surface area is 149 Å². The fourth-order valence-electron chi connectivity index (χ4n) is 3.24. The molecule has 1 nitrogen and oxygen atoms in total. The maximum Gasteiger partial charge on any atom is 0.0260 e. The van der Waals surface area contributed by atoms with Gasteiger partial charge in [-0.3, -0.25) is 0 Å². The third kappa shape index (κ3) is 3.56. The molecule has 0 spiro atoms. The molecule has 0 amide bonds. The number of hydrogen-bond donors (Lipinski definition) is 0. The Morgan fingerprint density at radius 2 is 0.960 bits per heavy atom. The second-order valence-corrected chi connectivity index (χ2v) is 6.29. The topological polar surface area (TPSA) is 4.93 Å². The van der Waals surface area contributed by atoms with Crippen molar-refractivity contribution in [1.29, 1.82) is 0 Å². The van der Waals surface area contributed by atoms with Crippen molar-refractivity contribution < 1.29 is 0 Å². The summed E-state index contributed by atoms with van der Waals surface area (Å²) < 4.78 is 2.32. The van der Waals surface area contributed by atoms with Crippen molar-refractivity contribution in [2.75, 3.05) is 0 Å². The zero-order valence-corrected chi connectivity index (χ0v) is 14.2. The van der Waals surface area contributed by atoms with Gasteiger partial charge >= 0.3 is 0 Å². The maximum absolute atomic E-state index is 2.32. The van der Waals surface area contributed by atoms with Gasteiger partial charge in [-0.05, 0) is 23.1 Å². The molecule has 122 valence electrons. The van der Waals surface area contributed by atoms with Gasteiger partial charge in [0.1, 0.15) is 0 Å². The molecule has 0 saturated heterocycles. The van der Waals surface area contributed by atoms with Crippen LogP contribution in [-0.4, -0.2) is 4.57 Å². The number of hydrogen-bond acceptors (Lipinski definition) is 0. The SMILES string of the molecule is c1ccc(CCn2cc(-c3ccccc3)c(-c3ccccc3)c2)cc1. The van der Waals surface area contributed by atoms with Crippen molar-refractivity contribution in [3.63, 3.8) is 0 Å². The summed E-state index contributed by atoms with van der Waals surface area (Å²) in [6.07, 6.45) is 5.60. The van der Waals surface area contributed by atoms with E-state index in [0.717, 1.165) is 13.0 Å². The highest BCUT2D eigenvalue weighted by Crippen LogP contribution is 2.33. The molecule has 3 aromatic carbocycles. The Balaban J connectivity index is 1.68. The van der Waals surface area contributed by atoms with Crippen LogP contribution in [0.4, 0.5) is 0 Å². The molecule has 0 fully saturated rings. The van der Waals surface area contributed by atoms with Gasteiger partial charge in [0.2, 0.25) is 0 Å². The summed E-state index contributed by atoms with van der Waals surface area (Å²) in [7, 11) is 0. The molecule has 0 aliphatic rings. The van der Waals surface area contributed by atoms with Crippen molar-refractivity contribution in [3.05, 3.63) is 109 Å². The van der Waals surface area contributed by atoms with Gasteiger partial charge in [-0.15, -0.1) is 0 Å². The van der Waals surface area contributed by atoms with E-state index < -0.39 is 0 Å². The van der Waals surface area contributed by atoms with Crippen LogP contribution in [0.15, 0.2) is 103 Å². The van der Waals surface area contributed by atoms with E-state index in [2.05, 4.69) is 108 Å². The minimum Gasteiger partial charge on any atom is -0.353 e. The highest BCUT2D eigenvalue weighted by molar-refractivity contribution is 5.83. The second kappa shape index (κ2) is 7.23. The number of nitrogens with zero attached hydrogens (tertiary/aromatic N) is 1. The van der Waals surface area contributed by atoms with Gasteiger partial charge in [-0.25, -0.2) is 0 Å². The summed E-state index contributed by atoms with van der Waals surface area (Å²) in [5.74, 6) is 0. The molecule has 0 aliphatic carbocycles. The molecule has 0 unspecified atom stereocenters. The van der Waals surface area contributed by atoms with Gasteiger partial charge < -0.3 is 4.57 Å². The third-order valence-electron chi connectivity index (χ3n) is 4.55. The van der Waals surface area contributed by atoms with Gasteiger partial charge in [0.05, 0.1) is 0 Å². The molecule has 4 rings (SSSR count). The lowest BCUT2D eigenvalue weighted by atomic mass is 9.99. The van der Waals surface area contributed by atoms with E-state index in [1.807, 2.05) is 0 Å². The Morgan fingerprint density at radius 3 is 1.44 bits per heavy atom. The monoisotopic (exact) mass is 323 g/mol. The van der Waals surface area contributed by atoms with Gasteiger partial charge in [0.15, 0.2) is 0 Å². The van der Waals surface area contributed by atoms with Crippen LogP contribution in [0.3, 0.4) is 0 Å². The summed E-state index contributed by atoms with van der Waals surface area (Å²) in [6, 6.07) is 32.0. The lowest BCUT2D eigenvalue weighted by molar-refractivity contribution is 0.702. The van der Waals surface area contributed by atoms with Crippen LogP contribution in [0, 0.1) is 0 Å².